The fraction of sp³-hybridized carbons (Fsp3) is 0.400. The van der Waals surface area contributed by atoms with Crippen molar-refractivity contribution in [2.75, 3.05) is 18.0 Å². The Labute approximate surface area is 184 Å². The van der Waals surface area contributed by atoms with E-state index in [1.54, 1.807) is 6.92 Å². The molecule has 1 unspecified atom stereocenters. The lowest BCUT2D eigenvalue weighted by Crippen LogP contribution is -2.28. The third-order valence-corrected chi connectivity index (χ3v) is 5.29. The van der Waals surface area contributed by atoms with Gasteiger partial charge in [0.05, 0.1) is 18.2 Å². The number of hydrogen-bond donors (Lipinski definition) is 2. The van der Waals surface area contributed by atoms with E-state index in [-0.39, 0.29) is 30.3 Å². The van der Waals surface area contributed by atoms with Gasteiger partial charge in [-0.3, -0.25) is 9.10 Å². The molecular formula is C20H23F4N3O4S. The molecule has 1 N–H and O–H groups in total. The number of carbonyl (C=O) groups excluding carboxylic acids is 1. The van der Waals surface area contributed by atoms with Gasteiger partial charge in [0.25, 0.3) is 0 Å². The normalized spacial score (nSPS) is 12.5. The van der Waals surface area contributed by atoms with Crippen LogP contribution < -0.4 is 14.4 Å². The van der Waals surface area contributed by atoms with Crippen molar-refractivity contribution in [1.82, 2.24) is 10.3 Å². The molecule has 12 heteroatoms. The monoisotopic (exact) mass is 477 g/mol. The Balaban J connectivity index is 2.15. The van der Waals surface area contributed by atoms with Gasteiger partial charge in [-0.1, -0.05) is 13.0 Å². The summed E-state index contributed by atoms with van der Waals surface area (Å²) in [5, 5.41) is 2.58. The zero-order valence-corrected chi connectivity index (χ0v) is 18.5. The average Bonchev–Trinajstić information content (AvgIpc) is 2.74. The van der Waals surface area contributed by atoms with Crippen molar-refractivity contribution in [3.05, 3.63) is 53.0 Å². The summed E-state index contributed by atoms with van der Waals surface area (Å²) in [6, 6.07) is 5.71. The SMILES string of the molecule is CCCOc1nc(C(F)(F)F)ccc1CNC(=O)C(C)c1ccc(N(C)[SH](=O)=O)c(F)c1. The number of nitrogens with zero attached hydrogens (tertiary/aromatic N) is 2. The van der Waals surface area contributed by atoms with Crippen LogP contribution in [-0.4, -0.2) is 33.0 Å². The van der Waals surface area contributed by atoms with Gasteiger partial charge in [0.1, 0.15) is 11.5 Å². The molecule has 7 nitrogen and oxygen atoms in total. The van der Waals surface area contributed by atoms with Crippen molar-refractivity contribution in [3.8, 4) is 5.88 Å². The van der Waals surface area contributed by atoms with Crippen LogP contribution in [0.2, 0.25) is 0 Å². The molecule has 0 spiro atoms. The molecule has 0 aliphatic heterocycles. The second-order valence-electron chi connectivity index (χ2n) is 6.92. The second kappa shape index (κ2) is 10.6. The molecule has 1 amide bonds. The second-order valence-corrected chi connectivity index (χ2v) is 7.99. The summed E-state index contributed by atoms with van der Waals surface area (Å²) in [5.74, 6) is -2.36. The zero-order chi connectivity index (χ0) is 24.1. The first-order chi connectivity index (χ1) is 15.0. The highest BCUT2D eigenvalue weighted by atomic mass is 32.2. The summed E-state index contributed by atoms with van der Waals surface area (Å²) < 4.78 is 81.2. The number of thiol groups is 1. The van der Waals surface area contributed by atoms with Crippen LogP contribution >= 0.6 is 0 Å². The highest BCUT2D eigenvalue weighted by molar-refractivity contribution is 7.74. The van der Waals surface area contributed by atoms with Gasteiger partial charge in [0.15, 0.2) is 0 Å². The number of rotatable bonds is 9. The van der Waals surface area contributed by atoms with Crippen LogP contribution in [0.3, 0.4) is 0 Å². The molecule has 1 aromatic carbocycles. The third-order valence-electron chi connectivity index (χ3n) is 4.58. The number of pyridine rings is 1. The Kier molecular flexibility index (Phi) is 8.42. The van der Waals surface area contributed by atoms with Crippen molar-refractivity contribution >= 4 is 22.5 Å². The summed E-state index contributed by atoms with van der Waals surface area (Å²) in [7, 11) is -1.82. The topological polar surface area (TPSA) is 88.6 Å². The number of carbonyl (C=O) groups is 1. The van der Waals surface area contributed by atoms with Crippen molar-refractivity contribution < 1.29 is 35.5 Å². The third kappa shape index (κ3) is 6.31. The number of hydrogen-bond acceptors (Lipinski definition) is 5. The molecule has 1 atom stereocenters. The lowest BCUT2D eigenvalue weighted by molar-refractivity contribution is -0.141. The molecule has 176 valence electrons. The maximum Gasteiger partial charge on any atom is 0.433 e. The van der Waals surface area contributed by atoms with Crippen LogP contribution in [0.25, 0.3) is 0 Å². The molecule has 0 bridgehead atoms. The van der Waals surface area contributed by atoms with E-state index in [2.05, 4.69) is 10.3 Å². The minimum atomic E-state index is -4.63. The summed E-state index contributed by atoms with van der Waals surface area (Å²) in [5.41, 5.74) is -0.709. The predicted octanol–water partition coefficient (Wildman–Crippen LogP) is 3.41. The van der Waals surface area contributed by atoms with E-state index in [4.69, 9.17) is 4.74 Å². The first-order valence-corrected chi connectivity index (χ1v) is 10.7. The molecule has 2 rings (SSSR count). The average molecular weight is 477 g/mol. The van der Waals surface area contributed by atoms with Crippen molar-refractivity contribution in [3.63, 3.8) is 0 Å². The van der Waals surface area contributed by atoms with Gasteiger partial charge in [0, 0.05) is 19.2 Å². The van der Waals surface area contributed by atoms with E-state index < -0.39 is 40.4 Å². The molecule has 0 fully saturated rings. The Hall–Kier alpha value is -2.89. The fourth-order valence-corrected chi connectivity index (χ4v) is 3.05. The molecule has 0 saturated heterocycles. The molecule has 0 aliphatic rings. The summed E-state index contributed by atoms with van der Waals surface area (Å²) in [4.78, 5) is 16.0. The van der Waals surface area contributed by atoms with Gasteiger partial charge in [0.2, 0.25) is 22.7 Å². The van der Waals surface area contributed by atoms with E-state index in [9.17, 15) is 30.8 Å². The maximum atomic E-state index is 14.3. The van der Waals surface area contributed by atoms with Crippen LogP contribution in [-0.2, 0) is 28.4 Å². The molecule has 0 saturated carbocycles. The number of ether oxygens (including phenoxy) is 1. The summed E-state index contributed by atoms with van der Waals surface area (Å²) >= 11 is 0. The summed E-state index contributed by atoms with van der Waals surface area (Å²) in [6.45, 7) is 3.31. The number of alkyl halides is 3. The van der Waals surface area contributed by atoms with E-state index in [1.807, 2.05) is 0 Å². The highest BCUT2D eigenvalue weighted by Gasteiger charge is 2.33. The van der Waals surface area contributed by atoms with Gasteiger partial charge >= 0.3 is 6.18 Å². The molecule has 2 aromatic rings. The van der Waals surface area contributed by atoms with Gasteiger partial charge in [-0.15, -0.1) is 0 Å². The first-order valence-electron chi connectivity index (χ1n) is 9.60. The van der Waals surface area contributed by atoms with E-state index in [0.717, 1.165) is 16.4 Å². The smallest absolute Gasteiger partial charge is 0.433 e. The van der Waals surface area contributed by atoms with Crippen molar-refractivity contribution in [1.29, 1.82) is 0 Å². The quantitative estimate of drug-likeness (QED) is 0.427. The maximum absolute atomic E-state index is 14.3. The largest absolute Gasteiger partial charge is 0.477 e. The summed E-state index contributed by atoms with van der Waals surface area (Å²) in [6.07, 6.45) is -4.08. The van der Waals surface area contributed by atoms with Crippen LogP contribution in [0.1, 0.15) is 43.0 Å². The van der Waals surface area contributed by atoms with Gasteiger partial charge in [-0.2, -0.15) is 13.2 Å². The Morgan fingerprint density at radius 2 is 1.94 bits per heavy atom. The van der Waals surface area contributed by atoms with Crippen LogP contribution in [0.5, 0.6) is 5.88 Å². The molecule has 0 radical (unpaired) electrons. The molecule has 32 heavy (non-hydrogen) atoms. The van der Waals surface area contributed by atoms with Gasteiger partial charge in [-0.05, 0) is 43.2 Å². The molecular weight excluding hydrogens is 454 g/mol. The van der Waals surface area contributed by atoms with Crippen LogP contribution in [0.15, 0.2) is 30.3 Å². The number of halogens is 4. The zero-order valence-electron chi connectivity index (χ0n) is 17.6. The highest BCUT2D eigenvalue weighted by Crippen LogP contribution is 2.30. The van der Waals surface area contributed by atoms with E-state index in [1.165, 1.54) is 32.2 Å². The predicted molar refractivity (Wildman–Crippen MR) is 110 cm³/mol. The van der Waals surface area contributed by atoms with Gasteiger partial charge < -0.3 is 10.1 Å². The van der Waals surface area contributed by atoms with Crippen molar-refractivity contribution in [2.45, 2.75) is 38.9 Å². The molecule has 1 aromatic heterocycles. The van der Waals surface area contributed by atoms with Crippen LogP contribution in [0.4, 0.5) is 23.2 Å². The van der Waals surface area contributed by atoms with E-state index >= 15 is 0 Å². The number of aromatic nitrogens is 1. The number of amides is 1. The number of nitrogens with one attached hydrogen (secondary N) is 1. The van der Waals surface area contributed by atoms with Crippen molar-refractivity contribution in [2.24, 2.45) is 0 Å². The number of anilines is 1. The minimum absolute atomic E-state index is 0.146. The minimum Gasteiger partial charge on any atom is -0.477 e. The van der Waals surface area contributed by atoms with Gasteiger partial charge in [-0.25, -0.2) is 17.8 Å². The molecule has 1 heterocycles. The van der Waals surface area contributed by atoms with Crippen LogP contribution in [0, 0.1) is 5.82 Å². The first kappa shape index (κ1) is 25.4. The molecule has 0 aliphatic carbocycles. The lowest BCUT2D eigenvalue weighted by Gasteiger charge is -2.17. The van der Waals surface area contributed by atoms with E-state index in [0.29, 0.717) is 12.0 Å². The Morgan fingerprint density at radius 3 is 2.50 bits per heavy atom. The Morgan fingerprint density at radius 1 is 1.25 bits per heavy atom. The Bertz CT molecular complexity index is 1040. The number of benzene rings is 1. The standard InChI is InChI=1S/C20H23F4N3O4S/c1-4-9-31-19-14(6-8-17(26-19)20(22,23)24)11-25-18(28)12(2)13-5-7-16(15(21)10-13)27(3)32(29)30/h5-8,10,12,32H,4,9,11H2,1-3H3,(H,25,28). The fourth-order valence-electron chi connectivity index (χ4n) is 2.72. The lowest BCUT2D eigenvalue weighted by atomic mass is 9.99.